The second kappa shape index (κ2) is 4.91. The van der Waals surface area contributed by atoms with E-state index in [1.54, 1.807) is 0 Å². The molecular formula is C7H18NO2P. The van der Waals surface area contributed by atoms with Gasteiger partial charge < -0.3 is 15.4 Å². The minimum atomic E-state index is -2.08. The maximum Gasteiger partial charge on any atom is 0.0897 e. The molecular weight excluding hydrogens is 161 g/mol. The topological polar surface area (TPSA) is 63.3 Å². The molecule has 0 aliphatic rings. The molecule has 0 heterocycles. The van der Waals surface area contributed by atoms with Crippen LogP contribution in [0, 0.1) is 0 Å². The van der Waals surface area contributed by atoms with Crippen molar-refractivity contribution in [3.8, 4) is 0 Å². The fourth-order valence-corrected chi connectivity index (χ4v) is 2.82. The van der Waals surface area contributed by atoms with E-state index in [9.17, 15) is 4.57 Å². The number of hydrogen-bond donors (Lipinski definition) is 2. The van der Waals surface area contributed by atoms with Crippen molar-refractivity contribution < 1.29 is 9.67 Å². The SMILES string of the molecule is CCP(=O)(CC)CC(O)CN. The Labute approximate surface area is 68.4 Å². The van der Waals surface area contributed by atoms with E-state index in [4.69, 9.17) is 10.8 Å². The molecule has 0 aliphatic carbocycles. The standard InChI is InChI=1S/C7H18NO2P/c1-3-11(10,4-2)6-7(9)5-8/h7,9H,3-6,8H2,1-2H3. The quantitative estimate of drug-likeness (QED) is 0.611. The van der Waals surface area contributed by atoms with E-state index >= 15 is 0 Å². The highest BCUT2D eigenvalue weighted by atomic mass is 31.2. The lowest BCUT2D eigenvalue weighted by atomic mass is 10.4. The molecule has 3 nitrogen and oxygen atoms in total. The molecule has 4 heteroatoms. The monoisotopic (exact) mass is 179 g/mol. The Morgan fingerprint density at radius 2 is 1.91 bits per heavy atom. The molecule has 0 bridgehead atoms. The van der Waals surface area contributed by atoms with Crippen molar-refractivity contribution in [1.82, 2.24) is 0 Å². The van der Waals surface area contributed by atoms with Gasteiger partial charge in [-0.25, -0.2) is 0 Å². The maximum atomic E-state index is 11.7. The second-order valence-corrected chi connectivity index (χ2v) is 6.51. The fourth-order valence-electron chi connectivity index (χ4n) is 0.940. The van der Waals surface area contributed by atoms with Crippen LogP contribution in [-0.4, -0.2) is 36.2 Å². The van der Waals surface area contributed by atoms with Crippen LogP contribution in [0.5, 0.6) is 0 Å². The van der Waals surface area contributed by atoms with Gasteiger partial charge in [0.1, 0.15) is 0 Å². The Morgan fingerprint density at radius 3 is 2.18 bits per heavy atom. The van der Waals surface area contributed by atoms with Gasteiger partial charge in [-0.1, -0.05) is 13.8 Å². The van der Waals surface area contributed by atoms with Crippen molar-refractivity contribution >= 4 is 7.14 Å². The molecule has 0 spiro atoms. The van der Waals surface area contributed by atoms with Gasteiger partial charge in [0.05, 0.1) is 13.2 Å². The van der Waals surface area contributed by atoms with E-state index in [0.29, 0.717) is 18.5 Å². The van der Waals surface area contributed by atoms with Crippen LogP contribution in [0.3, 0.4) is 0 Å². The molecule has 0 aromatic heterocycles. The maximum absolute atomic E-state index is 11.7. The van der Waals surface area contributed by atoms with E-state index in [0.717, 1.165) is 0 Å². The first-order valence-electron chi connectivity index (χ1n) is 4.03. The molecule has 0 saturated heterocycles. The number of rotatable bonds is 5. The third kappa shape index (κ3) is 3.90. The van der Waals surface area contributed by atoms with Crippen molar-refractivity contribution in [3.63, 3.8) is 0 Å². The predicted octanol–water partition coefficient (Wildman–Crippen LogP) is 0.709. The van der Waals surface area contributed by atoms with Crippen molar-refractivity contribution in [1.29, 1.82) is 0 Å². The molecule has 0 aromatic carbocycles. The molecule has 0 aromatic rings. The van der Waals surface area contributed by atoms with Gasteiger partial charge >= 0.3 is 0 Å². The first-order chi connectivity index (χ1) is 5.08. The van der Waals surface area contributed by atoms with E-state index < -0.39 is 13.2 Å². The minimum Gasteiger partial charge on any atom is -0.391 e. The first-order valence-corrected chi connectivity index (χ1v) is 6.29. The van der Waals surface area contributed by atoms with E-state index in [1.807, 2.05) is 13.8 Å². The van der Waals surface area contributed by atoms with Crippen LogP contribution in [-0.2, 0) is 4.57 Å². The van der Waals surface area contributed by atoms with Crippen molar-refractivity contribution in [3.05, 3.63) is 0 Å². The van der Waals surface area contributed by atoms with Crippen LogP contribution in [0.4, 0.5) is 0 Å². The Balaban J connectivity index is 3.97. The third-order valence-corrected chi connectivity index (χ3v) is 5.36. The average molecular weight is 179 g/mol. The Kier molecular flexibility index (Phi) is 4.98. The summed E-state index contributed by atoms with van der Waals surface area (Å²) >= 11 is 0. The zero-order chi connectivity index (χ0) is 8.91. The highest BCUT2D eigenvalue weighted by molar-refractivity contribution is 7.63. The summed E-state index contributed by atoms with van der Waals surface area (Å²) in [6.45, 7) is 4.00. The van der Waals surface area contributed by atoms with Crippen molar-refractivity contribution in [2.45, 2.75) is 20.0 Å². The number of nitrogens with two attached hydrogens (primary N) is 1. The highest BCUT2D eigenvalue weighted by Crippen LogP contribution is 2.44. The first kappa shape index (κ1) is 11.2. The summed E-state index contributed by atoms with van der Waals surface area (Å²) in [5.41, 5.74) is 5.22. The molecule has 0 aliphatic heterocycles. The minimum absolute atomic E-state index is 0.212. The van der Waals surface area contributed by atoms with Gasteiger partial charge in [0.2, 0.25) is 0 Å². The number of hydrogen-bond acceptors (Lipinski definition) is 3. The van der Waals surface area contributed by atoms with E-state index in [-0.39, 0.29) is 6.54 Å². The molecule has 1 unspecified atom stereocenters. The second-order valence-electron chi connectivity index (χ2n) is 2.76. The average Bonchev–Trinajstić information content (AvgIpc) is 2.04. The summed E-state index contributed by atoms with van der Waals surface area (Å²) in [4.78, 5) is 0. The van der Waals surface area contributed by atoms with E-state index in [2.05, 4.69) is 0 Å². The molecule has 0 saturated carbocycles. The fraction of sp³-hybridized carbons (Fsp3) is 1.00. The lowest BCUT2D eigenvalue weighted by molar-refractivity contribution is 0.205. The van der Waals surface area contributed by atoms with Crippen LogP contribution in [0.25, 0.3) is 0 Å². The Morgan fingerprint density at radius 1 is 1.45 bits per heavy atom. The molecule has 68 valence electrons. The van der Waals surface area contributed by atoms with Crippen molar-refractivity contribution in [2.24, 2.45) is 5.73 Å². The molecule has 0 fully saturated rings. The highest BCUT2D eigenvalue weighted by Gasteiger charge is 2.20. The summed E-state index contributed by atoms with van der Waals surface area (Å²) in [5, 5.41) is 9.16. The smallest absolute Gasteiger partial charge is 0.0897 e. The van der Waals surface area contributed by atoms with Crippen LogP contribution >= 0.6 is 7.14 Å². The zero-order valence-electron chi connectivity index (χ0n) is 7.29. The number of aliphatic hydroxyl groups is 1. The van der Waals surface area contributed by atoms with Gasteiger partial charge in [-0.2, -0.15) is 0 Å². The number of aliphatic hydroxyl groups excluding tert-OH is 1. The molecule has 3 N–H and O–H groups in total. The van der Waals surface area contributed by atoms with E-state index in [1.165, 1.54) is 0 Å². The van der Waals surface area contributed by atoms with Gasteiger partial charge in [0.25, 0.3) is 0 Å². The Bertz CT molecular complexity index is 141. The predicted molar refractivity (Wildman–Crippen MR) is 48.6 cm³/mol. The molecule has 11 heavy (non-hydrogen) atoms. The van der Waals surface area contributed by atoms with Crippen molar-refractivity contribution in [2.75, 3.05) is 25.0 Å². The van der Waals surface area contributed by atoms with Crippen LogP contribution in [0.2, 0.25) is 0 Å². The van der Waals surface area contributed by atoms with Crippen LogP contribution in [0.15, 0.2) is 0 Å². The normalized spacial score (nSPS) is 14.9. The lowest BCUT2D eigenvalue weighted by Gasteiger charge is -2.16. The van der Waals surface area contributed by atoms with Gasteiger partial charge in [0, 0.05) is 12.7 Å². The van der Waals surface area contributed by atoms with Gasteiger partial charge in [-0.15, -0.1) is 0 Å². The molecule has 0 rings (SSSR count). The summed E-state index contributed by atoms with van der Waals surface area (Å²) in [5.74, 6) is 0. The van der Waals surface area contributed by atoms with Gasteiger partial charge in [-0.05, 0) is 12.3 Å². The molecule has 0 amide bonds. The van der Waals surface area contributed by atoms with Gasteiger partial charge in [0.15, 0.2) is 0 Å². The molecule has 1 atom stereocenters. The summed E-state index contributed by atoms with van der Waals surface area (Å²) < 4.78 is 11.7. The van der Waals surface area contributed by atoms with Crippen LogP contribution < -0.4 is 5.73 Å². The summed E-state index contributed by atoms with van der Waals surface area (Å²) in [6.07, 6.45) is 1.14. The molecule has 0 radical (unpaired) electrons. The summed E-state index contributed by atoms with van der Waals surface area (Å²) in [6, 6.07) is 0. The summed E-state index contributed by atoms with van der Waals surface area (Å²) in [7, 11) is -2.08. The van der Waals surface area contributed by atoms with Crippen LogP contribution in [0.1, 0.15) is 13.8 Å². The largest absolute Gasteiger partial charge is 0.391 e. The third-order valence-electron chi connectivity index (χ3n) is 1.97. The lowest BCUT2D eigenvalue weighted by Crippen LogP contribution is -2.24. The Hall–Kier alpha value is 0.150. The van der Waals surface area contributed by atoms with Gasteiger partial charge in [-0.3, -0.25) is 0 Å². The zero-order valence-corrected chi connectivity index (χ0v) is 8.18.